The van der Waals surface area contributed by atoms with E-state index >= 15 is 0 Å². The molecule has 0 aliphatic rings. The zero-order valence-corrected chi connectivity index (χ0v) is 10.2. The van der Waals surface area contributed by atoms with E-state index in [1.165, 1.54) is 5.56 Å². The number of likely N-dealkylation sites (N-methyl/N-ethyl adjacent to an activating group) is 1. The van der Waals surface area contributed by atoms with Crippen molar-refractivity contribution in [2.75, 3.05) is 20.2 Å². The van der Waals surface area contributed by atoms with Crippen LogP contribution in [0.3, 0.4) is 0 Å². The van der Waals surface area contributed by atoms with Gasteiger partial charge in [0.05, 0.1) is 0 Å². The number of nitrogens with one attached hydrogen (secondary N) is 1. The largest absolute Gasteiger partial charge is 1.00 e. The van der Waals surface area contributed by atoms with Gasteiger partial charge in [-0.05, 0) is 25.1 Å². The zero-order valence-electron chi connectivity index (χ0n) is 9.42. The molecule has 1 N–H and O–H groups in total. The monoisotopic (exact) mass is 228 g/mol. The molecule has 1 rings (SSSR count). The van der Waals surface area contributed by atoms with Gasteiger partial charge >= 0.3 is 0 Å². The lowest BCUT2D eigenvalue weighted by Gasteiger charge is -2.10. The average molecular weight is 229 g/mol. The summed E-state index contributed by atoms with van der Waals surface area (Å²) in [4.78, 5) is 0. The summed E-state index contributed by atoms with van der Waals surface area (Å²) >= 11 is 0. The first kappa shape index (κ1) is 14.3. The number of halogens is 1. The number of ether oxygens (including phenoxy) is 1. The highest BCUT2D eigenvalue weighted by Crippen LogP contribution is 2.19. The molecule has 1 aromatic rings. The van der Waals surface area contributed by atoms with E-state index < -0.39 is 0 Å². The van der Waals surface area contributed by atoms with E-state index in [1.54, 1.807) is 0 Å². The smallest absolute Gasteiger partial charge is 0.122 e. The molecule has 0 bridgehead atoms. The molecule has 86 valence electrons. The maximum atomic E-state index is 5.67. The predicted octanol–water partition coefficient (Wildman–Crippen LogP) is -0.759. The molecule has 0 fully saturated rings. The fourth-order valence-electron chi connectivity index (χ4n) is 1.38. The van der Waals surface area contributed by atoms with Gasteiger partial charge in [0, 0.05) is 6.54 Å². The van der Waals surface area contributed by atoms with Gasteiger partial charge in [-0.25, -0.2) is 0 Å². The van der Waals surface area contributed by atoms with E-state index in [0.29, 0.717) is 0 Å². The summed E-state index contributed by atoms with van der Waals surface area (Å²) < 4.78 is 5.67. The Bertz CT molecular complexity index is 266. The number of benzene rings is 1. The Labute approximate surface area is 98.4 Å². The van der Waals surface area contributed by atoms with Crippen molar-refractivity contribution in [1.29, 1.82) is 0 Å². The van der Waals surface area contributed by atoms with Gasteiger partial charge in [-0.1, -0.05) is 31.5 Å². The van der Waals surface area contributed by atoms with Crippen molar-refractivity contribution in [1.82, 2.24) is 5.32 Å². The molecule has 0 amide bonds. The lowest BCUT2D eigenvalue weighted by molar-refractivity contribution is -0.00000344. The van der Waals surface area contributed by atoms with Crippen LogP contribution in [0, 0.1) is 0 Å². The number of para-hydroxylation sites is 1. The van der Waals surface area contributed by atoms with Crippen molar-refractivity contribution < 1.29 is 17.1 Å². The van der Waals surface area contributed by atoms with Crippen molar-refractivity contribution in [3.8, 4) is 5.75 Å². The second-order valence-corrected chi connectivity index (χ2v) is 3.31. The fraction of sp³-hybridized carbons (Fsp3) is 0.500. The average Bonchev–Trinajstić information content (AvgIpc) is 2.21. The predicted molar refractivity (Wildman–Crippen MR) is 59.9 cm³/mol. The van der Waals surface area contributed by atoms with Crippen LogP contribution in [0.25, 0.3) is 0 Å². The molecular weight excluding hydrogens is 210 g/mol. The number of rotatable bonds is 6. The molecule has 3 heteroatoms. The minimum Gasteiger partial charge on any atom is -1.00 e. The van der Waals surface area contributed by atoms with Gasteiger partial charge in [-0.3, -0.25) is 0 Å². The third-order valence-corrected chi connectivity index (χ3v) is 2.10. The van der Waals surface area contributed by atoms with Gasteiger partial charge in [0.15, 0.2) is 0 Å². The molecule has 0 unspecified atom stereocenters. The van der Waals surface area contributed by atoms with Crippen molar-refractivity contribution in [2.24, 2.45) is 0 Å². The maximum absolute atomic E-state index is 5.67. The summed E-state index contributed by atoms with van der Waals surface area (Å²) in [5, 5.41) is 3.06. The van der Waals surface area contributed by atoms with E-state index in [0.717, 1.165) is 31.7 Å². The third kappa shape index (κ3) is 5.05. The summed E-state index contributed by atoms with van der Waals surface area (Å²) in [6, 6.07) is 8.27. The molecule has 0 saturated carbocycles. The van der Waals surface area contributed by atoms with Crippen molar-refractivity contribution in [3.05, 3.63) is 29.8 Å². The molecule has 2 nitrogen and oxygen atoms in total. The molecule has 0 aliphatic carbocycles. The second-order valence-electron chi connectivity index (χ2n) is 3.31. The Morgan fingerprint density at radius 1 is 1.27 bits per heavy atom. The van der Waals surface area contributed by atoms with Crippen LogP contribution < -0.4 is 22.5 Å². The van der Waals surface area contributed by atoms with Crippen LogP contribution in [-0.4, -0.2) is 20.2 Å². The van der Waals surface area contributed by atoms with Gasteiger partial charge < -0.3 is 22.5 Å². The molecule has 0 radical (unpaired) electrons. The van der Waals surface area contributed by atoms with Crippen LogP contribution in [0.15, 0.2) is 24.3 Å². The molecule has 1 aromatic carbocycles. The molecule has 0 aliphatic heterocycles. The van der Waals surface area contributed by atoms with Gasteiger partial charge in [-0.2, -0.15) is 0 Å². The Morgan fingerprint density at radius 3 is 2.67 bits per heavy atom. The molecule has 15 heavy (non-hydrogen) atoms. The van der Waals surface area contributed by atoms with Crippen LogP contribution in [0.1, 0.15) is 18.9 Å². The lowest BCUT2D eigenvalue weighted by Crippen LogP contribution is -3.00. The third-order valence-electron chi connectivity index (χ3n) is 2.10. The lowest BCUT2D eigenvalue weighted by atomic mass is 10.1. The SMILES string of the molecule is CCCc1ccccc1OCCNC.[Cl-]. The molecule has 0 heterocycles. The van der Waals surface area contributed by atoms with E-state index in [9.17, 15) is 0 Å². The molecule has 0 atom stereocenters. The Morgan fingerprint density at radius 2 is 2.00 bits per heavy atom. The summed E-state index contributed by atoms with van der Waals surface area (Å²) in [5.74, 6) is 1.03. The summed E-state index contributed by atoms with van der Waals surface area (Å²) in [5.41, 5.74) is 1.31. The van der Waals surface area contributed by atoms with Gasteiger partial charge in [-0.15, -0.1) is 0 Å². The van der Waals surface area contributed by atoms with E-state index in [2.05, 4.69) is 24.4 Å². The summed E-state index contributed by atoms with van der Waals surface area (Å²) in [6.45, 7) is 3.81. The Hall–Kier alpha value is -0.730. The van der Waals surface area contributed by atoms with Gasteiger partial charge in [0.2, 0.25) is 0 Å². The highest BCUT2D eigenvalue weighted by molar-refractivity contribution is 5.33. The fourth-order valence-corrected chi connectivity index (χ4v) is 1.38. The van der Waals surface area contributed by atoms with E-state index in [1.807, 2.05) is 19.2 Å². The maximum Gasteiger partial charge on any atom is 0.122 e. The molecule has 0 saturated heterocycles. The first-order valence-electron chi connectivity index (χ1n) is 5.23. The minimum atomic E-state index is 0. The first-order chi connectivity index (χ1) is 6.88. The van der Waals surface area contributed by atoms with Crippen LogP contribution in [0.4, 0.5) is 0 Å². The van der Waals surface area contributed by atoms with Crippen LogP contribution in [-0.2, 0) is 6.42 Å². The molecule has 0 aromatic heterocycles. The van der Waals surface area contributed by atoms with Gasteiger partial charge in [0.1, 0.15) is 12.4 Å². The molecular formula is C12H19ClNO-. The topological polar surface area (TPSA) is 21.3 Å². The number of aryl methyl sites for hydroxylation is 1. The summed E-state index contributed by atoms with van der Waals surface area (Å²) in [7, 11) is 1.93. The van der Waals surface area contributed by atoms with Crippen LogP contribution in [0.5, 0.6) is 5.75 Å². The highest BCUT2D eigenvalue weighted by Gasteiger charge is 2.00. The van der Waals surface area contributed by atoms with Crippen LogP contribution in [0.2, 0.25) is 0 Å². The Kier molecular flexibility index (Phi) is 8.15. The second kappa shape index (κ2) is 8.57. The number of hydrogen-bond acceptors (Lipinski definition) is 2. The normalized spacial score (nSPS) is 9.47. The van der Waals surface area contributed by atoms with Crippen molar-refractivity contribution in [3.63, 3.8) is 0 Å². The van der Waals surface area contributed by atoms with E-state index in [4.69, 9.17) is 4.74 Å². The summed E-state index contributed by atoms with van der Waals surface area (Å²) in [6.07, 6.45) is 2.25. The van der Waals surface area contributed by atoms with Crippen molar-refractivity contribution >= 4 is 0 Å². The number of hydrogen-bond donors (Lipinski definition) is 1. The highest BCUT2D eigenvalue weighted by atomic mass is 35.5. The quantitative estimate of drug-likeness (QED) is 0.647. The zero-order chi connectivity index (χ0) is 10.2. The van der Waals surface area contributed by atoms with Crippen LogP contribution >= 0.6 is 0 Å². The Balaban J connectivity index is 0.00000196. The molecule has 0 spiro atoms. The first-order valence-corrected chi connectivity index (χ1v) is 5.23. The minimum absolute atomic E-state index is 0. The standard InChI is InChI=1S/C12H19NO.ClH/c1-3-6-11-7-4-5-8-12(11)14-10-9-13-2;/h4-5,7-8,13H,3,6,9-10H2,1-2H3;1H/p-1. The van der Waals surface area contributed by atoms with E-state index in [-0.39, 0.29) is 12.4 Å². The van der Waals surface area contributed by atoms with Gasteiger partial charge in [0.25, 0.3) is 0 Å². The van der Waals surface area contributed by atoms with Crippen molar-refractivity contribution in [2.45, 2.75) is 19.8 Å².